The molecule has 0 bridgehead atoms. The third-order valence-corrected chi connectivity index (χ3v) is 4.40. The van der Waals surface area contributed by atoms with Crippen LogP contribution in [0.5, 0.6) is 0 Å². The highest BCUT2D eigenvalue weighted by molar-refractivity contribution is 5.73. The second kappa shape index (κ2) is 8.20. The van der Waals surface area contributed by atoms with E-state index in [0.29, 0.717) is 18.4 Å². The summed E-state index contributed by atoms with van der Waals surface area (Å²) in [4.78, 5) is 23.0. The summed E-state index contributed by atoms with van der Waals surface area (Å²) >= 11 is 0. The molecule has 3 atom stereocenters. The summed E-state index contributed by atoms with van der Waals surface area (Å²) in [6.45, 7) is 8.26. The van der Waals surface area contributed by atoms with Crippen LogP contribution in [-0.4, -0.2) is 25.7 Å². The first-order chi connectivity index (χ1) is 9.86. The number of methoxy groups -OCH3 is 1. The zero-order valence-corrected chi connectivity index (χ0v) is 13.8. The molecule has 0 fully saturated rings. The van der Waals surface area contributed by atoms with Crippen LogP contribution in [-0.2, 0) is 19.1 Å². The standard InChI is InChI=1S/C17H28O4/c1-11(2)14(8-9-21-13(4)18)16-10-12(3)6-7-15(16)17(19)20-5/h10-11,14-16H,6-9H2,1-5H3/t14-,15?,16?/m1/s1. The van der Waals surface area contributed by atoms with Crippen LogP contribution in [0.4, 0.5) is 0 Å². The molecule has 1 aliphatic carbocycles. The molecule has 4 nitrogen and oxygen atoms in total. The maximum absolute atomic E-state index is 12.1. The lowest BCUT2D eigenvalue weighted by atomic mass is 9.69. The van der Waals surface area contributed by atoms with Crippen LogP contribution in [0, 0.1) is 23.7 Å². The van der Waals surface area contributed by atoms with Gasteiger partial charge in [0.15, 0.2) is 0 Å². The number of carbonyl (C=O) groups is 2. The molecule has 120 valence electrons. The fraction of sp³-hybridized carbons (Fsp3) is 0.765. The van der Waals surface area contributed by atoms with Gasteiger partial charge in [-0.05, 0) is 43.9 Å². The molecule has 0 spiro atoms. The number of ether oxygens (including phenoxy) is 2. The predicted molar refractivity (Wildman–Crippen MR) is 81.6 cm³/mol. The van der Waals surface area contributed by atoms with Crippen LogP contribution in [0.2, 0.25) is 0 Å². The van der Waals surface area contributed by atoms with Gasteiger partial charge in [-0.1, -0.05) is 25.5 Å². The third-order valence-electron chi connectivity index (χ3n) is 4.40. The van der Waals surface area contributed by atoms with Gasteiger partial charge in [-0.15, -0.1) is 0 Å². The van der Waals surface area contributed by atoms with E-state index in [4.69, 9.17) is 9.47 Å². The maximum Gasteiger partial charge on any atom is 0.309 e. The SMILES string of the molecule is COC(=O)C1CCC(C)=CC1[C@H](CCOC(C)=O)C(C)C. The van der Waals surface area contributed by atoms with E-state index in [2.05, 4.69) is 26.8 Å². The summed E-state index contributed by atoms with van der Waals surface area (Å²) in [5.41, 5.74) is 1.33. The first-order valence-corrected chi connectivity index (χ1v) is 7.75. The van der Waals surface area contributed by atoms with Crippen molar-refractivity contribution in [2.24, 2.45) is 23.7 Å². The Kier molecular flexibility index (Phi) is 6.93. The lowest BCUT2D eigenvalue weighted by Gasteiger charge is -2.36. The highest BCUT2D eigenvalue weighted by Crippen LogP contribution is 2.39. The first-order valence-electron chi connectivity index (χ1n) is 7.75. The lowest BCUT2D eigenvalue weighted by Crippen LogP contribution is -2.34. The number of allylic oxidation sites excluding steroid dienone is 2. The van der Waals surface area contributed by atoms with E-state index in [-0.39, 0.29) is 23.8 Å². The molecular weight excluding hydrogens is 268 g/mol. The Bertz CT molecular complexity index is 398. The van der Waals surface area contributed by atoms with E-state index in [1.165, 1.54) is 19.6 Å². The minimum atomic E-state index is -0.252. The van der Waals surface area contributed by atoms with E-state index < -0.39 is 0 Å². The van der Waals surface area contributed by atoms with Gasteiger partial charge >= 0.3 is 11.9 Å². The molecule has 0 amide bonds. The van der Waals surface area contributed by atoms with Crippen molar-refractivity contribution in [3.63, 3.8) is 0 Å². The van der Waals surface area contributed by atoms with Crippen LogP contribution < -0.4 is 0 Å². The largest absolute Gasteiger partial charge is 0.469 e. The van der Waals surface area contributed by atoms with E-state index in [0.717, 1.165) is 19.3 Å². The molecule has 0 radical (unpaired) electrons. The van der Waals surface area contributed by atoms with Crippen molar-refractivity contribution in [1.29, 1.82) is 0 Å². The van der Waals surface area contributed by atoms with Gasteiger partial charge in [0.2, 0.25) is 0 Å². The molecule has 0 saturated heterocycles. The highest BCUT2D eigenvalue weighted by atomic mass is 16.5. The van der Waals surface area contributed by atoms with Gasteiger partial charge in [0.05, 0.1) is 19.6 Å². The van der Waals surface area contributed by atoms with Gasteiger partial charge in [-0.2, -0.15) is 0 Å². The van der Waals surface area contributed by atoms with Crippen LogP contribution in [0.15, 0.2) is 11.6 Å². The minimum Gasteiger partial charge on any atom is -0.469 e. The van der Waals surface area contributed by atoms with E-state index >= 15 is 0 Å². The van der Waals surface area contributed by atoms with Crippen molar-refractivity contribution in [2.75, 3.05) is 13.7 Å². The Labute approximate surface area is 127 Å². The molecule has 0 aliphatic heterocycles. The molecular formula is C17H28O4. The Hall–Kier alpha value is -1.32. The second-order valence-corrected chi connectivity index (χ2v) is 6.30. The maximum atomic E-state index is 12.1. The number of carbonyl (C=O) groups excluding carboxylic acids is 2. The van der Waals surface area contributed by atoms with E-state index in [1.54, 1.807) is 0 Å². The average molecular weight is 296 g/mol. The van der Waals surface area contributed by atoms with Crippen molar-refractivity contribution in [2.45, 2.75) is 47.0 Å². The zero-order valence-electron chi connectivity index (χ0n) is 13.8. The normalized spacial score (nSPS) is 23.4. The minimum absolute atomic E-state index is 0.0802. The smallest absolute Gasteiger partial charge is 0.309 e. The van der Waals surface area contributed by atoms with Crippen LogP contribution in [0.25, 0.3) is 0 Å². The van der Waals surface area contributed by atoms with E-state index in [1.807, 2.05) is 0 Å². The zero-order chi connectivity index (χ0) is 16.0. The average Bonchev–Trinajstić information content (AvgIpc) is 2.42. The van der Waals surface area contributed by atoms with E-state index in [9.17, 15) is 9.59 Å². The molecule has 0 heterocycles. The number of hydrogen-bond donors (Lipinski definition) is 0. The second-order valence-electron chi connectivity index (χ2n) is 6.30. The molecule has 0 N–H and O–H groups in total. The molecule has 1 aliphatic rings. The number of esters is 2. The van der Waals surface area contributed by atoms with Gasteiger partial charge in [0, 0.05) is 6.92 Å². The summed E-state index contributed by atoms with van der Waals surface area (Å²) < 4.78 is 10.1. The Morgan fingerprint density at radius 3 is 2.57 bits per heavy atom. The van der Waals surface area contributed by atoms with Crippen molar-refractivity contribution < 1.29 is 19.1 Å². The molecule has 0 aromatic carbocycles. The van der Waals surface area contributed by atoms with Gasteiger partial charge in [-0.25, -0.2) is 0 Å². The van der Waals surface area contributed by atoms with Crippen molar-refractivity contribution in [3.8, 4) is 0 Å². The van der Waals surface area contributed by atoms with Crippen molar-refractivity contribution >= 4 is 11.9 Å². The van der Waals surface area contributed by atoms with Gasteiger partial charge in [0.25, 0.3) is 0 Å². The fourth-order valence-electron chi connectivity index (χ4n) is 3.26. The molecule has 1 rings (SSSR count). The summed E-state index contributed by atoms with van der Waals surface area (Å²) in [6, 6.07) is 0. The molecule has 4 heteroatoms. The van der Waals surface area contributed by atoms with Gasteiger partial charge in [0.1, 0.15) is 0 Å². The molecule has 0 aromatic rings. The Balaban J connectivity index is 2.87. The van der Waals surface area contributed by atoms with Crippen LogP contribution >= 0.6 is 0 Å². The molecule has 2 unspecified atom stereocenters. The molecule has 0 saturated carbocycles. The topological polar surface area (TPSA) is 52.6 Å². The summed E-state index contributed by atoms with van der Waals surface area (Å²) in [5, 5.41) is 0. The van der Waals surface area contributed by atoms with Crippen molar-refractivity contribution in [1.82, 2.24) is 0 Å². The van der Waals surface area contributed by atoms with Gasteiger partial charge in [-0.3, -0.25) is 9.59 Å². The van der Waals surface area contributed by atoms with Gasteiger partial charge < -0.3 is 9.47 Å². The van der Waals surface area contributed by atoms with Crippen molar-refractivity contribution in [3.05, 3.63) is 11.6 Å². The number of rotatable bonds is 6. The van der Waals surface area contributed by atoms with Crippen LogP contribution in [0.3, 0.4) is 0 Å². The monoisotopic (exact) mass is 296 g/mol. The highest BCUT2D eigenvalue weighted by Gasteiger charge is 2.36. The summed E-state index contributed by atoms with van der Waals surface area (Å²) in [5.74, 6) is 0.438. The molecule has 0 aromatic heterocycles. The Morgan fingerprint density at radius 2 is 2.05 bits per heavy atom. The van der Waals surface area contributed by atoms with Crippen LogP contribution in [0.1, 0.15) is 47.0 Å². The number of hydrogen-bond acceptors (Lipinski definition) is 4. The first kappa shape index (κ1) is 17.7. The lowest BCUT2D eigenvalue weighted by molar-refractivity contribution is -0.149. The Morgan fingerprint density at radius 1 is 1.38 bits per heavy atom. The molecule has 21 heavy (non-hydrogen) atoms. The predicted octanol–water partition coefficient (Wildman–Crippen LogP) is 3.36. The summed E-state index contributed by atoms with van der Waals surface area (Å²) in [6.07, 6.45) is 4.80. The fourth-order valence-corrected chi connectivity index (χ4v) is 3.26. The quantitative estimate of drug-likeness (QED) is 0.557. The third kappa shape index (κ3) is 5.18. The summed E-state index contributed by atoms with van der Waals surface area (Å²) in [7, 11) is 1.45.